The van der Waals surface area contributed by atoms with Gasteiger partial charge in [0.1, 0.15) is 23.6 Å². The molecule has 6 aromatic rings. The van der Waals surface area contributed by atoms with Gasteiger partial charge >= 0.3 is 0 Å². The molecular formula is C55H70N8O3. The van der Waals surface area contributed by atoms with Crippen molar-refractivity contribution in [3.63, 3.8) is 0 Å². The van der Waals surface area contributed by atoms with E-state index in [2.05, 4.69) is 92.2 Å². The van der Waals surface area contributed by atoms with E-state index in [1.807, 2.05) is 36.4 Å². The number of likely N-dealkylation sites (tertiary alicyclic amines) is 2. The Morgan fingerprint density at radius 3 is 1.45 bits per heavy atom. The second kappa shape index (κ2) is 20.0. The monoisotopic (exact) mass is 891 g/mol. The number of rotatable bonds is 16. The van der Waals surface area contributed by atoms with E-state index in [0.717, 1.165) is 174 Å². The molecule has 10 rings (SSSR count). The van der Waals surface area contributed by atoms with Crippen LogP contribution in [0, 0.1) is 11.8 Å². The first kappa shape index (κ1) is 44.7. The number of aromatic hydroxyl groups is 2. The van der Waals surface area contributed by atoms with Gasteiger partial charge < -0.3 is 10.2 Å². The summed E-state index contributed by atoms with van der Waals surface area (Å²) in [5.41, 5.74) is 8.41. The number of Topliss-reactive ketones (excluding diaryl/α,β-unsaturated/α-hetero) is 1. The lowest BCUT2D eigenvalue weighted by Crippen LogP contribution is -2.49. The Labute approximate surface area is 390 Å². The van der Waals surface area contributed by atoms with Crippen LogP contribution in [-0.2, 0) is 30.5 Å². The fraction of sp³-hybridized carbons (Fsp3) is 0.509. The number of aromatic nitrogens is 4. The highest BCUT2D eigenvalue weighted by Gasteiger charge is 2.43. The van der Waals surface area contributed by atoms with Gasteiger partial charge in [-0.25, -0.2) is 0 Å². The second-order valence-electron chi connectivity index (χ2n) is 20.1. The van der Waals surface area contributed by atoms with Crippen LogP contribution in [0.4, 0.5) is 0 Å². The molecule has 0 spiro atoms. The van der Waals surface area contributed by atoms with Crippen molar-refractivity contribution in [2.45, 2.75) is 115 Å². The minimum atomic E-state index is -0.525. The van der Waals surface area contributed by atoms with Crippen LogP contribution in [0.2, 0.25) is 0 Å². The van der Waals surface area contributed by atoms with Crippen LogP contribution < -0.4 is 0 Å². The molecule has 4 atom stereocenters. The molecule has 4 unspecified atom stereocenters. The largest absolute Gasteiger partial charge is 0.508 e. The van der Waals surface area contributed by atoms with Gasteiger partial charge in [-0.15, -0.1) is 0 Å². The maximum absolute atomic E-state index is 16.0. The highest BCUT2D eigenvalue weighted by molar-refractivity contribution is 5.97. The Hall–Kier alpha value is -5.07. The average molecular weight is 891 g/mol. The zero-order chi connectivity index (χ0) is 45.1. The molecule has 2 fully saturated rings. The standard InChI is InChI=1S/C55H70N8O3/c1-3-27-62(41-19-21-43-39(33-41)11-9-17-49(43)64)35-37-23-29-60(30-24-37)53(51-45-13-5-7-15-47(45)56-58-51)55(66)54(52-46-14-6-8-16-48(46)57-59-52)61-31-25-38(26-32-61)36-63(28-4-2)42-20-22-44-40(34-42)12-10-18-50(44)65/h5-18,37-38,41-42,53-54,64-65H,3-4,19-36H2,1-2H3,(H,56,58)(H,57,59). The van der Waals surface area contributed by atoms with E-state index in [9.17, 15) is 10.2 Å². The molecule has 348 valence electrons. The Morgan fingerprint density at radius 2 is 1.03 bits per heavy atom. The number of hydrogen-bond donors (Lipinski definition) is 4. The van der Waals surface area contributed by atoms with E-state index >= 15 is 4.79 Å². The van der Waals surface area contributed by atoms with Crippen molar-refractivity contribution in [1.82, 2.24) is 40.0 Å². The number of fused-ring (bicyclic) bond motifs is 4. The lowest BCUT2D eigenvalue weighted by molar-refractivity contribution is -0.132. The van der Waals surface area contributed by atoms with Crippen LogP contribution >= 0.6 is 0 Å². The van der Waals surface area contributed by atoms with Crippen molar-refractivity contribution in [3.8, 4) is 11.5 Å². The molecular weight excluding hydrogens is 821 g/mol. The average Bonchev–Trinajstić information content (AvgIpc) is 3.97. The van der Waals surface area contributed by atoms with Crippen molar-refractivity contribution < 1.29 is 15.0 Å². The maximum Gasteiger partial charge on any atom is 0.179 e. The van der Waals surface area contributed by atoms with Crippen molar-refractivity contribution in [1.29, 1.82) is 0 Å². The van der Waals surface area contributed by atoms with Crippen LogP contribution in [-0.4, -0.2) is 120 Å². The quantitative estimate of drug-likeness (QED) is 0.0753. The molecule has 2 aliphatic heterocycles. The topological polar surface area (TPSA) is 128 Å². The predicted octanol–water partition coefficient (Wildman–Crippen LogP) is 9.16. The number of aromatic amines is 2. The van der Waals surface area contributed by atoms with Gasteiger partial charge in [-0.3, -0.25) is 34.6 Å². The first-order valence-electron chi connectivity index (χ1n) is 25.3. The molecule has 0 saturated carbocycles. The summed E-state index contributed by atoms with van der Waals surface area (Å²) in [6.07, 6.45) is 12.3. The van der Waals surface area contributed by atoms with Crippen LogP contribution in [0.15, 0.2) is 84.9 Å². The van der Waals surface area contributed by atoms with E-state index in [1.54, 1.807) is 0 Å². The number of ketones is 1. The third kappa shape index (κ3) is 9.16. The fourth-order valence-corrected chi connectivity index (χ4v) is 12.5. The number of carbonyl (C=O) groups excluding carboxylic acids is 1. The number of phenolic OH excluding ortho intramolecular Hbond substituents is 2. The van der Waals surface area contributed by atoms with Gasteiger partial charge in [0.2, 0.25) is 0 Å². The summed E-state index contributed by atoms with van der Waals surface area (Å²) in [7, 11) is 0. The van der Waals surface area contributed by atoms with Gasteiger partial charge in [-0.05, 0) is 175 Å². The van der Waals surface area contributed by atoms with Crippen molar-refractivity contribution >= 4 is 27.6 Å². The van der Waals surface area contributed by atoms with E-state index < -0.39 is 12.1 Å². The number of piperidine rings is 2. The third-order valence-corrected chi connectivity index (χ3v) is 16.0. The molecule has 11 heteroatoms. The number of para-hydroxylation sites is 2. The molecule has 4 N–H and O–H groups in total. The third-order valence-electron chi connectivity index (χ3n) is 16.0. The Kier molecular flexibility index (Phi) is 13.6. The minimum Gasteiger partial charge on any atom is -0.508 e. The highest BCUT2D eigenvalue weighted by atomic mass is 16.3. The first-order valence-corrected chi connectivity index (χ1v) is 25.3. The first-order chi connectivity index (χ1) is 32.4. The lowest BCUT2D eigenvalue weighted by Gasteiger charge is -2.43. The molecule has 2 aliphatic carbocycles. The van der Waals surface area contributed by atoms with E-state index in [1.165, 1.54) is 11.1 Å². The van der Waals surface area contributed by atoms with Gasteiger partial charge in [-0.1, -0.05) is 74.5 Å². The molecule has 0 amide bonds. The number of benzene rings is 4. The molecule has 66 heavy (non-hydrogen) atoms. The van der Waals surface area contributed by atoms with E-state index in [0.29, 0.717) is 35.4 Å². The summed E-state index contributed by atoms with van der Waals surface area (Å²) < 4.78 is 0. The highest BCUT2D eigenvalue weighted by Crippen LogP contribution is 2.40. The minimum absolute atomic E-state index is 0.162. The molecule has 2 saturated heterocycles. The lowest BCUT2D eigenvalue weighted by atomic mass is 9.85. The number of nitrogens with zero attached hydrogens (tertiary/aromatic N) is 6. The second-order valence-corrected chi connectivity index (χ2v) is 20.1. The summed E-state index contributed by atoms with van der Waals surface area (Å²) in [5.74, 6) is 2.13. The van der Waals surface area contributed by atoms with Gasteiger partial charge in [0.25, 0.3) is 0 Å². The van der Waals surface area contributed by atoms with Gasteiger partial charge in [0.15, 0.2) is 5.78 Å². The van der Waals surface area contributed by atoms with Crippen LogP contribution in [0.1, 0.15) is 111 Å². The van der Waals surface area contributed by atoms with Gasteiger partial charge in [0, 0.05) is 35.9 Å². The Balaban J connectivity index is 0.888. The molecule has 2 aromatic heterocycles. The number of phenols is 2. The Morgan fingerprint density at radius 1 is 0.606 bits per heavy atom. The number of H-pyrrole nitrogens is 2. The van der Waals surface area contributed by atoms with Crippen molar-refractivity contribution in [2.75, 3.05) is 52.4 Å². The Bertz CT molecular complexity index is 2410. The van der Waals surface area contributed by atoms with Crippen LogP contribution in [0.3, 0.4) is 0 Å². The molecule has 4 aromatic carbocycles. The summed E-state index contributed by atoms with van der Waals surface area (Å²) in [5, 5.41) is 39.7. The molecule has 0 bridgehead atoms. The van der Waals surface area contributed by atoms with Crippen LogP contribution in [0.5, 0.6) is 11.5 Å². The zero-order valence-corrected chi connectivity index (χ0v) is 39.2. The van der Waals surface area contributed by atoms with Crippen LogP contribution in [0.25, 0.3) is 21.8 Å². The SMILES string of the molecule is CCCN(CC1CCN(C(C(=O)C(c2n[nH]c3ccccc23)N2CCC(CN(CCC)C3CCc4c(O)cccc4C3)CC2)c2n[nH]c3ccccc23)CC1)C1CCc2c(O)cccc2C1. The van der Waals surface area contributed by atoms with Gasteiger partial charge in [0.05, 0.1) is 22.4 Å². The fourth-order valence-electron chi connectivity index (χ4n) is 12.5. The van der Waals surface area contributed by atoms with E-state index in [4.69, 9.17) is 10.2 Å². The zero-order valence-electron chi connectivity index (χ0n) is 39.2. The molecule has 0 radical (unpaired) electrons. The predicted molar refractivity (Wildman–Crippen MR) is 263 cm³/mol. The number of nitrogens with one attached hydrogen (secondary N) is 2. The molecule has 4 aliphatic rings. The summed E-state index contributed by atoms with van der Waals surface area (Å²) in [6, 6.07) is 28.5. The van der Waals surface area contributed by atoms with Gasteiger partial charge in [-0.2, -0.15) is 10.2 Å². The maximum atomic E-state index is 16.0. The smallest absolute Gasteiger partial charge is 0.179 e. The summed E-state index contributed by atoms with van der Waals surface area (Å²) >= 11 is 0. The number of hydrogen-bond acceptors (Lipinski definition) is 9. The molecule has 4 heterocycles. The summed E-state index contributed by atoms with van der Waals surface area (Å²) in [4.78, 5) is 26.4. The van der Waals surface area contributed by atoms with Crippen molar-refractivity contribution in [3.05, 3.63) is 119 Å². The number of carbonyl (C=O) groups is 1. The van der Waals surface area contributed by atoms with Crippen molar-refractivity contribution in [2.24, 2.45) is 11.8 Å². The molecule has 11 nitrogen and oxygen atoms in total. The normalized spacial score (nSPS) is 21.1. The van der Waals surface area contributed by atoms with E-state index in [-0.39, 0.29) is 5.78 Å². The summed E-state index contributed by atoms with van der Waals surface area (Å²) in [6.45, 7) is 12.2.